The molecule has 0 saturated carbocycles. The number of ether oxygens (including phenoxy) is 2. The zero-order valence-corrected chi connectivity index (χ0v) is 17.8. The second-order valence-electron chi connectivity index (χ2n) is 7.56. The molecule has 0 bridgehead atoms. The van der Waals surface area contributed by atoms with Gasteiger partial charge in [-0.15, -0.1) is 0 Å². The number of hydrogen-bond acceptors (Lipinski definition) is 3. The predicted molar refractivity (Wildman–Crippen MR) is 115 cm³/mol. The Labute approximate surface area is 174 Å². The fourth-order valence-electron chi connectivity index (χ4n) is 3.91. The number of hydrogen-bond donors (Lipinski definition) is 2. The van der Waals surface area contributed by atoms with Gasteiger partial charge in [0.05, 0.1) is 19.8 Å². The highest BCUT2D eigenvalue weighted by Crippen LogP contribution is 2.32. The van der Waals surface area contributed by atoms with Crippen molar-refractivity contribution in [1.82, 2.24) is 5.32 Å². The van der Waals surface area contributed by atoms with E-state index in [1.807, 2.05) is 26.0 Å². The van der Waals surface area contributed by atoms with Gasteiger partial charge in [-0.05, 0) is 56.0 Å². The summed E-state index contributed by atoms with van der Waals surface area (Å²) >= 11 is 0. The summed E-state index contributed by atoms with van der Waals surface area (Å²) in [5.41, 5.74) is 5.13. The SMILES string of the molecule is CCOc1cc2c(cc1OCC)C[NH+](CC(=O)NCCc1ccccc1C)CC2. The molecule has 1 atom stereocenters. The van der Waals surface area contributed by atoms with Gasteiger partial charge in [0, 0.05) is 18.5 Å². The fourth-order valence-corrected chi connectivity index (χ4v) is 3.91. The summed E-state index contributed by atoms with van der Waals surface area (Å²) in [5, 5.41) is 3.08. The van der Waals surface area contributed by atoms with Crippen molar-refractivity contribution in [1.29, 1.82) is 0 Å². The van der Waals surface area contributed by atoms with Crippen LogP contribution in [0, 0.1) is 6.92 Å². The van der Waals surface area contributed by atoms with E-state index in [-0.39, 0.29) is 5.91 Å². The average Bonchev–Trinajstić information content (AvgIpc) is 2.70. The monoisotopic (exact) mass is 397 g/mol. The molecule has 3 rings (SSSR count). The molecule has 0 radical (unpaired) electrons. The van der Waals surface area contributed by atoms with Gasteiger partial charge < -0.3 is 19.7 Å². The third-order valence-corrected chi connectivity index (χ3v) is 5.44. The molecule has 0 saturated heterocycles. The van der Waals surface area contributed by atoms with Crippen molar-refractivity contribution < 1.29 is 19.2 Å². The smallest absolute Gasteiger partial charge is 0.275 e. The largest absolute Gasteiger partial charge is 0.490 e. The molecule has 0 aromatic heterocycles. The lowest BCUT2D eigenvalue weighted by Crippen LogP contribution is -3.12. The van der Waals surface area contributed by atoms with Crippen LogP contribution < -0.4 is 19.7 Å². The third-order valence-electron chi connectivity index (χ3n) is 5.44. The second kappa shape index (κ2) is 10.3. The Balaban J connectivity index is 1.54. The van der Waals surface area contributed by atoms with Crippen LogP contribution in [-0.2, 0) is 24.2 Å². The Morgan fingerprint density at radius 2 is 1.76 bits per heavy atom. The predicted octanol–water partition coefficient (Wildman–Crippen LogP) is 2.09. The lowest BCUT2D eigenvalue weighted by Gasteiger charge is -2.26. The van der Waals surface area contributed by atoms with Gasteiger partial charge in [-0.3, -0.25) is 4.79 Å². The first-order valence-corrected chi connectivity index (χ1v) is 10.7. The molecule has 2 N–H and O–H groups in total. The molecule has 0 spiro atoms. The number of carbonyl (C=O) groups is 1. The van der Waals surface area contributed by atoms with E-state index in [1.54, 1.807) is 0 Å². The molecule has 2 aromatic rings. The molecule has 5 heteroatoms. The van der Waals surface area contributed by atoms with Crippen molar-refractivity contribution in [3.63, 3.8) is 0 Å². The highest BCUT2D eigenvalue weighted by molar-refractivity contribution is 5.76. The van der Waals surface area contributed by atoms with E-state index in [4.69, 9.17) is 9.47 Å². The maximum Gasteiger partial charge on any atom is 0.275 e. The molecule has 1 amide bonds. The number of fused-ring (bicyclic) bond motifs is 1. The third kappa shape index (κ3) is 5.73. The Kier molecular flexibility index (Phi) is 7.53. The van der Waals surface area contributed by atoms with Crippen molar-refractivity contribution >= 4 is 5.91 Å². The van der Waals surface area contributed by atoms with Gasteiger partial charge in [-0.1, -0.05) is 24.3 Å². The summed E-state index contributed by atoms with van der Waals surface area (Å²) in [7, 11) is 0. The zero-order valence-electron chi connectivity index (χ0n) is 17.8. The first-order chi connectivity index (χ1) is 14.1. The summed E-state index contributed by atoms with van der Waals surface area (Å²) in [4.78, 5) is 13.7. The van der Waals surface area contributed by atoms with E-state index < -0.39 is 0 Å². The van der Waals surface area contributed by atoms with Gasteiger partial charge in [0.25, 0.3) is 5.91 Å². The minimum Gasteiger partial charge on any atom is -0.490 e. The summed E-state index contributed by atoms with van der Waals surface area (Å²) in [6, 6.07) is 12.5. The van der Waals surface area contributed by atoms with Crippen molar-refractivity contribution in [2.24, 2.45) is 0 Å². The van der Waals surface area contributed by atoms with Crippen LogP contribution in [0.1, 0.15) is 36.1 Å². The number of amides is 1. The number of carbonyl (C=O) groups excluding carboxylic acids is 1. The van der Waals surface area contributed by atoms with Crippen molar-refractivity contribution in [2.45, 2.75) is 40.2 Å². The van der Waals surface area contributed by atoms with Gasteiger partial charge in [-0.2, -0.15) is 0 Å². The van der Waals surface area contributed by atoms with E-state index >= 15 is 0 Å². The lowest BCUT2D eigenvalue weighted by atomic mass is 9.98. The molecule has 29 heavy (non-hydrogen) atoms. The minimum atomic E-state index is 0.119. The Morgan fingerprint density at radius 1 is 1.07 bits per heavy atom. The Morgan fingerprint density at radius 3 is 2.45 bits per heavy atom. The molecule has 1 unspecified atom stereocenters. The van der Waals surface area contributed by atoms with Gasteiger partial charge in [0.2, 0.25) is 0 Å². The fraction of sp³-hybridized carbons (Fsp3) is 0.458. The molecule has 0 fully saturated rings. The second-order valence-corrected chi connectivity index (χ2v) is 7.56. The van der Waals surface area contributed by atoms with Gasteiger partial charge in [0.15, 0.2) is 18.0 Å². The zero-order chi connectivity index (χ0) is 20.6. The van der Waals surface area contributed by atoms with Crippen LogP contribution in [0.3, 0.4) is 0 Å². The molecule has 2 aromatic carbocycles. The number of rotatable bonds is 9. The van der Waals surface area contributed by atoms with Crippen LogP contribution in [0.4, 0.5) is 0 Å². The molecule has 0 aliphatic carbocycles. The van der Waals surface area contributed by atoms with E-state index in [0.717, 1.165) is 37.4 Å². The lowest BCUT2D eigenvalue weighted by molar-refractivity contribution is -0.908. The summed E-state index contributed by atoms with van der Waals surface area (Å²) in [5.74, 6) is 1.75. The molecular formula is C24H33N2O3+. The maximum atomic E-state index is 12.4. The topological polar surface area (TPSA) is 52.0 Å². The summed E-state index contributed by atoms with van der Waals surface area (Å²) in [6.07, 6.45) is 1.82. The average molecular weight is 398 g/mol. The van der Waals surface area contributed by atoms with Crippen molar-refractivity contribution in [3.8, 4) is 11.5 Å². The normalized spacial score (nSPS) is 15.5. The number of aryl methyl sites for hydroxylation is 1. The molecule has 156 valence electrons. The first kappa shape index (κ1) is 21.2. The molecule has 1 aliphatic rings. The number of nitrogens with one attached hydrogen (secondary N) is 2. The molecule has 5 nitrogen and oxygen atoms in total. The van der Waals surface area contributed by atoms with E-state index in [0.29, 0.717) is 26.3 Å². The summed E-state index contributed by atoms with van der Waals surface area (Å²) < 4.78 is 11.5. The van der Waals surface area contributed by atoms with Gasteiger partial charge in [0.1, 0.15) is 6.54 Å². The molecule has 1 aliphatic heterocycles. The van der Waals surface area contributed by atoms with Crippen LogP contribution in [0.25, 0.3) is 0 Å². The molecular weight excluding hydrogens is 364 g/mol. The highest BCUT2D eigenvalue weighted by Gasteiger charge is 2.24. The van der Waals surface area contributed by atoms with Crippen LogP contribution in [0.5, 0.6) is 11.5 Å². The summed E-state index contributed by atoms with van der Waals surface area (Å²) in [6.45, 7) is 10.3. The molecule has 1 heterocycles. The van der Waals surface area contributed by atoms with E-state index in [1.165, 1.54) is 27.2 Å². The van der Waals surface area contributed by atoms with Crippen molar-refractivity contribution in [2.75, 3.05) is 32.8 Å². The Hall–Kier alpha value is -2.53. The Bertz CT molecular complexity index is 835. The standard InChI is InChI=1S/C24H32N2O3/c1-4-28-22-14-20-11-13-26(16-21(20)15-23(22)29-5-2)17-24(27)25-12-10-19-9-7-6-8-18(19)3/h6-9,14-15H,4-5,10-13,16-17H2,1-3H3,(H,25,27)/p+1. The van der Waals surface area contributed by atoms with Gasteiger partial charge in [-0.25, -0.2) is 0 Å². The number of quaternary nitrogens is 1. The first-order valence-electron chi connectivity index (χ1n) is 10.7. The van der Waals surface area contributed by atoms with E-state index in [9.17, 15) is 4.79 Å². The maximum absolute atomic E-state index is 12.4. The van der Waals surface area contributed by atoms with Crippen molar-refractivity contribution in [3.05, 3.63) is 58.7 Å². The quantitative estimate of drug-likeness (QED) is 0.681. The van der Waals surface area contributed by atoms with Crippen LogP contribution in [0.2, 0.25) is 0 Å². The van der Waals surface area contributed by atoms with Gasteiger partial charge >= 0.3 is 0 Å². The highest BCUT2D eigenvalue weighted by atomic mass is 16.5. The van der Waals surface area contributed by atoms with E-state index in [2.05, 4.69) is 36.5 Å². The van der Waals surface area contributed by atoms with Crippen LogP contribution in [-0.4, -0.2) is 38.8 Å². The number of benzene rings is 2. The van der Waals surface area contributed by atoms with Crippen LogP contribution >= 0.6 is 0 Å². The minimum absolute atomic E-state index is 0.119. The van der Waals surface area contributed by atoms with Crippen LogP contribution in [0.15, 0.2) is 36.4 Å².